The minimum atomic E-state index is -0.962. The fourth-order valence-corrected chi connectivity index (χ4v) is 3.30. The number of benzene rings is 1. The zero-order chi connectivity index (χ0) is 14.8. The second-order valence-corrected chi connectivity index (χ2v) is 6.06. The van der Waals surface area contributed by atoms with E-state index < -0.39 is 5.97 Å². The van der Waals surface area contributed by atoms with Crippen molar-refractivity contribution in [2.45, 2.75) is 19.3 Å². The van der Waals surface area contributed by atoms with Gasteiger partial charge in [-0.05, 0) is 42.0 Å². The van der Waals surface area contributed by atoms with Gasteiger partial charge in [0.2, 0.25) is 5.91 Å². The average Bonchev–Trinajstić information content (AvgIpc) is 3.13. The molecule has 0 radical (unpaired) electrons. The van der Waals surface area contributed by atoms with Crippen LogP contribution < -0.4 is 4.90 Å². The van der Waals surface area contributed by atoms with Crippen LogP contribution in [0.15, 0.2) is 35.7 Å². The second-order valence-electron chi connectivity index (χ2n) is 5.02. The average molecular weight is 301 g/mol. The molecule has 5 heteroatoms. The molecule has 0 aliphatic carbocycles. The first-order chi connectivity index (χ1) is 10.1. The maximum Gasteiger partial charge on any atom is 0.335 e. The Morgan fingerprint density at radius 1 is 1.29 bits per heavy atom. The first-order valence-electron chi connectivity index (χ1n) is 6.84. The lowest BCUT2D eigenvalue weighted by molar-refractivity contribution is -0.118. The van der Waals surface area contributed by atoms with E-state index in [2.05, 4.69) is 0 Å². The van der Waals surface area contributed by atoms with Crippen LogP contribution in [0.4, 0.5) is 5.69 Å². The van der Waals surface area contributed by atoms with Gasteiger partial charge >= 0.3 is 5.97 Å². The van der Waals surface area contributed by atoms with Crippen LogP contribution in [0.5, 0.6) is 0 Å². The number of amides is 1. The largest absolute Gasteiger partial charge is 0.478 e. The van der Waals surface area contributed by atoms with Crippen LogP contribution in [0, 0.1) is 0 Å². The van der Waals surface area contributed by atoms with Crippen molar-refractivity contribution in [2.24, 2.45) is 0 Å². The predicted molar refractivity (Wildman–Crippen MR) is 82.1 cm³/mol. The predicted octanol–water partition coefficient (Wildman–Crippen LogP) is 2.97. The van der Waals surface area contributed by atoms with Gasteiger partial charge in [-0.2, -0.15) is 0 Å². The van der Waals surface area contributed by atoms with Crippen LogP contribution in [0.2, 0.25) is 0 Å². The van der Waals surface area contributed by atoms with Gasteiger partial charge in [0.15, 0.2) is 0 Å². The van der Waals surface area contributed by atoms with Gasteiger partial charge in [0.25, 0.3) is 0 Å². The van der Waals surface area contributed by atoms with Crippen molar-refractivity contribution >= 4 is 28.9 Å². The molecule has 1 amide bonds. The summed E-state index contributed by atoms with van der Waals surface area (Å²) in [5.41, 5.74) is 2.03. The SMILES string of the molecule is O=C(O)c1ccc2c(c1)N(C(=O)CCc1cccs1)CC2. The number of aryl methyl sites for hydroxylation is 1. The topological polar surface area (TPSA) is 57.6 Å². The molecule has 0 unspecified atom stereocenters. The third-order valence-electron chi connectivity index (χ3n) is 3.69. The molecule has 4 nitrogen and oxygen atoms in total. The number of carbonyl (C=O) groups is 2. The summed E-state index contributed by atoms with van der Waals surface area (Å²) in [6.07, 6.45) is 1.98. The van der Waals surface area contributed by atoms with E-state index in [1.165, 1.54) is 4.88 Å². The highest BCUT2D eigenvalue weighted by Crippen LogP contribution is 2.30. The van der Waals surface area contributed by atoms with Crippen molar-refractivity contribution in [3.8, 4) is 0 Å². The summed E-state index contributed by atoms with van der Waals surface area (Å²) in [4.78, 5) is 26.3. The molecule has 0 saturated heterocycles. The van der Waals surface area contributed by atoms with Crippen molar-refractivity contribution < 1.29 is 14.7 Å². The number of carboxylic acids is 1. The molecule has 2 aromatic rings. The first-order valence-corrected chi connectivity index (χ1v) is 7.72. The number of hydrogen-bond acceptors (Lipinski definition) is 3. The summed E-state index contributed by atoms with van der Waals surface area (Å²) in [6.45, 7) is 0.641. The summed E-state index contributed by atoms with van der Waals surface area (Å²) < 4.78 is 0. The van der Waals surface area contributed by atoms with Crippen molar-refractivity contribution in [3.05, 3.63) is 51.7 Å². The number of carboxylic acid groups (broad SMARTS) is 1. The van der Waals surface area contributed by atoms with Crippen LogP contribution in [0.1, 0.15) is 27.2 Å². The van der Waals surface area contributed by atoms with E-state index in [4.69, 9.17) is 5.11 Å². The Kier molecular flexibility index (Phi) is 3.75. The molecule has 0 atom stereocenters. The van der Waals surface area contributed by atoms with Gasteiger partial charge in [0, 0.05) is 23.5 Å². The summed E-state index contributed by atoms with van der Waals surface area (Å²) >= 11 is 1.65. The molecule has 0 bridgehead atoms. The quantitative estimate of drug-likeness (QED) is 0.944. The van der Waals surface area contributed by atoms with Gasteiger partial charge in [-0.25, -0.2) is 4.79 Å². The minimum absolute atomic E-state index is 0.0599. The minimum Gasteiger partial charge on any atom is -0.478 e. The number of fused-ring (bicyclic) bond motifs is 1. The molecule has 3 rings (SSSR count). The summed E-state index contributed by atoms with van der Waals surface area (Å²) in [5, 5.41) is 11.1. The standard InChI is InChI=1S/C16H15NO3S/c18-15(6-5-13-2-1-9-21-13)17-8-7-11-3-4-12(16(19)20)10-14(11)17/h1-4,9-10H,5-8H2,(H,19,20). The molecule has 1 aliphatic rings. The number of aromatic carboxylic acids is 1. The lowest BCUT2D eigenvalue weighted by Crippen LogP contribution is -2.29. The monoisotopic (exact) mass is 301 g/mol. The highest BCUT2D eigenvalue weighted by molar-refractivity contribution is 7.09. The Balaban J connectivity index is 1.75. The van der Waals surface area contributed by atoms with Crippen LogP contribution in [0.3, 0.4) is 0 Å². The number of carbonyl (C=O) groups excluding carboxylic acids is 1. The maximum absolute atomic E-state index is 12.4. The van der Waals surface area contributed by atoms with Crippen LogP contribution in [-0.4, -0.2) is 23.5 Å². The third-order valence-corrected chi connectivity index (χ3v) is 4.63. The van der Waals surface area contributed by atoms with Gasteiger partial charge in [0.1, 0.15) is 0 Å². The van der Waals surface area contributed by atoms with Crippen molar-refractivity contribution in [1.82, 2.24) is 0 Å². The molecule has 0 saturated carbocycles. The zero-order valence-electron chi connectivity index (χ0n) is 11.4. The van der Waals surface area contributed by atoms with Crippen LogP contribution >= 0.6 is 11.3 Å². The highest BCUT2D eigenvalue weighted by atomic mass is 32.1. The van der Waals surface area contributed by atoms with E-state index >= 15 is 0 Å². The molecule has 0 spiro atoms. The Labute approximate surface area is 126 Å². The molecule has 1 aromatic heterocycles. The number of hydrogen-bond donors (Lipinski definition) is 1. The van der Waals surface area contributed by atoms with Crippen molar-refractivity contribution in [1.29, 1.82) is 0 Å². The third kappa shape index (κ3) is 2.83. The van der Waals surface area contributed by atoms with E-state index in [-0.39, 0.29) is 11.5 Å². The Morgan fingerprint density at radius 2 is 2.14 bits per heavy atom. The van der Waals surface area contributed by atoms with Crippen molar-refractivity contribution in [3.63, 3.8) is 0 Å². The Bertz CT molecular complexity index is 679. The zero-order valence-corrected chi connectivity index (χ0v) is 12.2. The van der Waals surface area contributed by atoms with E-state index in [0.717, 1.165) is 24.1 Å². The van der Waals surface area contributed by atoms with Gasteiger partial charge < -0.3 is 10.0 Å². The highest BCUT2D eigenvalue weighted by Gasteiger charge is 2.25. The molecule has 1 aromatic carbocycles. The van der Waals surface area contributed by atoms with Gasteiger partial charge in [0.05, 0.1) is 5.56 Å². The van der Waals surface area contributed by atoms with Gasteiger partial charge in [-0.1, -0.05) is 12.1 Å². The summed E-state index contributed by atoms with van der Waals surface area (Å²) in [5.74, 6) is -0.902. The number of anilines is 1. The maximum atomic E-state index is 12.4. The smallest absolute Gasteiger partial charge is 0.335 e. The van der Waals surface area contributed by atoms with E-state index in [1.54, 1.807) is 28.4 Å². The van der Waals surface area contributed by atoms with Crippen LogP contribution in [-0.2, 0) is 17.6 Å². The number of nitrogens with zero attached hydrogens (tertiary/aromatic N) is 1. The molecule has 2 heterocycles. The van der Waals surface area contributed by atoms with Gasteiger partial charge in [-0.3, -0.25) is 4.79 Å². The summed E-state index contributed by atoms with van der Waals surface area (Å²) in [7, 11) is 0. The fraction of sp³-hybridized carbons (Fsp3) is 0.250. The lowest BCUT2D eigenvalue weighted by Gasteiger charge is -2.17. The molecule has 21 heavy (non-hydrogen) atoms. The molecule has 1 aliphatic heterocycles. The molecular weight excluding hydrogens is 286 g/mol. The fourth-order valence-electron chi connectivity index (χ4n) is 2.59. The van der Waals surface area contributed by atoms with Crippen molar-refractivity contribution in [2.75, 3.05) is 11.4 Å². The molecular formula is C16H15NO3S. The Hall–Kier alpha value is -2.14. The van der Waals surface area contributed by atoms with E-state index in [1.807, 2.05) is 23.6 Å². The lowest BCUT2D eigenvalue weighted by atomic mass is 10.1. The normalized spacial score (nSPS) is 13.2. The second kappa shape index (κ2) is 5.69. The summed E-state index contributed by atoms with van der Waals surface area (Å²) in [6, 6.07) is 9.02. The van der Waals surface area contributed by atoms with Gasteiger partial charge in [-0.15, -0.1) is 11.3 Å². The molecule has 0 fully saturated rings. The number of thiophene rings is 1. The van der Waals surface area contributed by atoms with Crippen LogP contribution in [0.25, 0.3) is 0 Å². The molecule has 1 N–H and O–H groups in total. The number of rotatable bonds is 4. The first kappa shape index (κ1) is 13.8. The van der Waals surface area contributed by atoms with E-state index in [0.29, 0.717) is 13.0 Å². The van der Waals surface area contributed by atoms with E-state index in [9.17, 15) is 9.59 Å². The Morgan fingerprint density at radius 3 is 2.86 bits per heavy atom. The molecule has 108 valence electrons.